The number of carbonyl (C=O) groups is 3. The number of anilines is 1. The van der Waals surface area contributed by atoms with E-state index >= 15 is 8.78 Å². The van der Waals surface area contributed by atoms with Gasteiger partial charge in [-0.1, -0.05) is 12.1 Å². The van der Waals surface area contributed by atoms with Crippen molar-refractivity contribution in [3.63, 3.8) is 0 Å². The molecule has 1 aliphatic rings. The molecule has 3 rings (SSSR count). The molecule has 12 heteroatoms. The van der Waals surface area contributed by atoms with E-state index in [2.05, 4.69) is 5.32 Å². The minimum atomic E-state index is -3.78. The Morgan fingerprint density at radius 3 is 2.44 bits per heavy atom. The van der Waals surface area contributed by atoms with Gasteiger partial charge in [0.25, 0.3) is 11.8 Å². The number of benzene rings is 2. The lowest BCUT2D eigenvalue weighted by molar-refractivity contribution is -0.123. The van der Waals surface area contributed by atoms with E-state index in [1.807, 2.05) is 6.07 Å². The molecule has 2 aromatic carbocycles. The summed E-state index contributed by atoms with van der Waals surface area (Å²) in [6.07, 6.45) is -2.26. The molecule has 0 aromatic heterocycles. The van der Waals surface area contributed by atoms with E-state index in [-0.39, 0.29) is 6.54 Å². The van der Waals surface area contributed by atoms with Crippen molar-refractivity contribution in [3.8, 4) is 6.07 Å². The number of alkyl carbamates (subject to hydrolysis) is 1. The lowest BCUT2D eigenvalue weighted by atomic mass is 9.99. The Morgan fingerprint density at radius 1 is 1.25 bits per heavy atom. The van der Waals surface area contributed by atoms with E-state index in [0.717, 1.165) is 11.0 Å². The van der Waals surface area contributed by atoms with Gasteiger partial charge in [0, 0.05) is 12.0 Å². The molecule has 2 aromatic rings. The number of hydrazine groups is 1. The highest BCUT2D eigenvalue weighted by atomic mass is 19.3. The summed E-state index contributed by atoms with van der Waals surface area (Å²) in [5.74, 6) is -1.97. The van der Waals surface area contributed by atoms with E-state index in [0.29, 0.717) is 17.2 Å². The Bertz CT molecular complexity index is 1240. The number of amides is 3. The lowest BCUT2D eigenvalue weighted by Crippen LogP contribution is -2.49. The largest absolute Gasteiger partial charge is 0.444 e. The quantitative estimate of drug-likeness (QED) is 0.333. The maximum Gasteiger partial charge on any atom is 0.408 e. The zero-order valence-corrected chi connectivity index (χ0v) is 19.7. The molecule has 0 spiro atoms. The summed E-state index contributed by atoms with van der Waals surface area (Å²) in [4.78, 5) is 38.8. The number of rotatable bonds is 4. The number of fused-ring (bicyclic) bond motifs is 1. The van der Waals surface area contributed by atoms with Crippen LogP contribution in [0.15, 0.2) is 36.4 Å². The zero-order valence-electron chi connectivity index (χ0n) is 19.7. The summed E-state index contributed by atoms with van der Waals surface area (Å²) >= 11 is 0. The average molecular weight is 503 g/mol. The maximum absolute atomic E-state index is 15.4. The van der Waals surface area contributed by atoms with Crippen LogP contribution in [0.25, 0.3) is 0 Å². The molecule has 0 saturated carbocycles. The lowest BCUT2D eigenvalue weighted by Gasteiger charge is -2.27. The molecule has 0 fully saturated rings. The van der Waals surface area contributed by atoms with Gasteiger partial charge in [-0.3, -0.25) is 15.0 Å². The third-order valence-corrected chi connectivity index (χ3v) is 5.29. The highest BCUT2D eigenvalue weighted by Crippen LogP contribution is 2.43. The standard InChI is InChI=1S/C24H24F3N5O4/c1-23(2,3)36-22(35)30-18-10-24(26,27)16-9-17(25)15(20(33)31-29)8-19(16)32(21(18)34)12-14-6-4-13(11-28)5-7-14/h4-9,18H,10,12,29H2,1-3H3,(H,30,35)(H,31,33). The summed E-state index contributed by atoms with van der Waals surface area (Å²) in [7, 11) is 0. The second-order valence-electron chi connectivity index (χ2n) is 9.16. The van der Waals surface area contributed by atoms with Gasteiger partial charge in [-0.05, 0) is 50.6 Å². The predicted octanol–water partition coefficient (Wildman–Crippen LogP) is 3.22. The summed E-state index contributed by atoms with van der Waals surface area (Å²) in [5, 5.41) is 11.2. The first-order chi connectivity index (χ1) is 16.8. The van der Waals surface area contributed by atoms with Crippen LogP contribution in [0.4, 0.5) is 23.7 Å². The Hall–Kier alpha value is -4.11. The minimum Gasteiger partial charge on any atom is -0.444 e. The Labute approximate surface area is 205 Å². The maximum atomic E-state index is 15.4. The van der Waals surface area contributed by atoms with E-state index in [1.54, 1.807) is 26.2 Å². The Kier molecular flexibility index (Phi) is 7.26. The summed E-state index contributed by atoms with van der Waals surface area (Å²) < 4.78 is 50.5. The zero-order chi connectivity index (χ0) is 26.8. The van der Waals surface area contributed by atoms with Crippen molar-refractivity contribution in [2.24, 2.45) is 5.84 Å². The molecule has 1 unspecified atom stereocenters. The first-order valence-corrected chi connectivity index (χ1v) is 10.8. The van der Waals surface area contributed by atoms with Crippen LogP contribution in [-0.2, 0) is 22.0 Å². The third-order valence-electron chi connectivity index (χ3n) is 5.29. The van der Waals surface area contributed by atoms with Crippen molar-refractivity contribution in [2.75, 3.05) is 4.90 Å². The van der Waals surface area contributed by atoms with Crippen LogP contribution >= 0.6 is 0 Å². The second kappa shape index (κ2) is 9.87. The van der Waals surface area contributed by atoms with Crippen LogP contribution < -0.4 is 21.5 Å². The van der Waals surface area contributed by atoms with E-state index in [4.69, 9.17) is 15.8 Å². The number of nitrogen functional groups attached to an aromatic ring is 1. The van der Waals surface area contributed by atoms with E-state index in [1.165, 1.54) is 24.3 Å². The number of carbonyl (C=O) groups excluding carboxylic acids is 3. The Balaban J connectivity index is 2.13. The molecule has 1 atom stereocenters. The van der Waals surface area contributed by atoms with Gasteiger partial charge in [0.2, 0.25) is 5.91 Å². The first-order valence-electron chi connectivity index (χ1n) is 10.8. The molecular formula is C24H24F3N5O4. The van der Waals surface area contributed by atoms with Crippen LogP contribution in [0, 0.1) is 17.1 Å². The molecule has 3 amide bonds. The van der Waals surface area contributed by atoms with Crippen LogP contribution in [-0.4, -0.2) is 29.6 Å². The van der Waals surface area contributed by atoms with Crippen molar-refractivity contribution >= 4 is 23.6 Å². The van der Waals surface area contributed by atoms with Gasteiger partial charge in [0.15, 0.2) is 0 Å². The Morgan fingerprint density at radius 2 is 1.89 bits per heavy atom. The molecule has 0 aliphatic carbocycles. The van der Waals surface area contributed by atoms with Crippen molar-refractivity contribution in [1.29, 1.82) is 5.26 Å². The fourth-order valence-corrected chi connectivity index (χ4v) is 3.68. The van der Waals surface area contributed by atoms with Crippen LogP contribution in [0.5, 0.6) is 0 Å². The average Bonchev–Trinajstić information content (AvgIpc) is 2.86. The van der Waals surface area contributed by atoms with Gasteiger partial charge in [0.05, 0.1) is 29.4 Å². The van der Waals surface area contributed by atoms with Gasteiger partial charge in [-0.15, -0.1) is 0 Å². The van der Waals surface area contributed by atoms with Gasteiger partial charge in [-0.25, -0.2) is 23.8 Å². The third kappa shape index (κ3) is 5.75. The van der Waals surface area contributed by atoms with E-state index < -0.39 is 64.5 Å². The summed E-state index contributed by atoms with van der Waals surface area (Å²) in [5.41, 5.74) is -0.362. The predicted molar refractivity (Wildman–Crippen MR) is 122 cm³/mol. The van der Waals surface area contributed by atoms with Gasteiger partial charge in [0.1, 0.15) is 17.5 Å². The summed E-state index contributed by atoms with van der Waals surface area (Å²) in [6, 6.07) is 7.48. The molecule has 9 nitrogen and oxygen atoms in total. The molecule has 1 aliphatic heterocycles. The highest BCUT2D eigenvalue weighted by Gasteiger charge is 2.47. The van der Waals surface area contributed by atoms with Crippen molar-refractivity contribution < 1.29 is 32.3 Å². The van der Waals surface area contributed by atoms with Gasteiger partial charge in [-0.2, -0.15) is 5.26 Å². The number of nitriles is 1. The number of alkyl halides is 2. The number of nitrogens with one attached hydrogen (secondary N) is 2. The molecule has 0 radical (unpaired) electrons. The molecule has 4 N–H and O–H groups in total. The summed E-state index contributed by atoms with van der Waals surface area (Å²) in [6.45, 7) is 4.41. The number of halogens is 3. The fourth-order valence-electron chi connectivity index (χ4n) is 3.68. The van der Waals surface area contributed by atoms with Crippen molar-refractivity contribution in [2.45, 2.75) is 51.3 Å². The van der Waals surface area contributed by atoms with Crippen LogP contribution in [0.1, 0.15) is 54.2 Å². The number of hydrogen-bond acceptors (Lipinski definition) is 6. The second-order valence-corrected chi connectivity index (χ2v) is 9.16. The smallest absolute Gasteiger partial charge is 0.408 e. The van der Waals surface area contributed by atoms with Crippen LogP contribution in [0.2, 0.25) is 0 Å². The minimum absolute atomic E-state index is 0.282. The number of ether oxygens (including phenoxy) is 1. The van der Waals surface area contributed by atoms with Crippen molar-refractivity contribution in [3.05, 3.63) is 64.5 Å². The molecular weight excluding hydrogens is 479 g/mol. The number of nitrogens with two attached hydrogens (primary N) is 1. The highest BCUT2D eigenvalue weighted by molar-refractivity contribution is 6.02. The fraction of sp³-hybridized carbons (Fsp3) is 0.333. The number of hydrogen-bond donors (Lipinski definition) is 3. The van der Waals surface area contributed by atoms with E-state index in [9.17, 15) is 18.8 Å². The number of nitrogens with zero attached hydrogens (tertiary/aromatic N) is 2. The SMILES string of the molecule is CC(C)(C)OC(=O)NC1CC(F)(F)c2cc(F)c(C(=O)NN)cc2N(Cc2ccc(C#N)cc2)C1=O. The normalized spacial score (nSPS) is 16.9. The molecule has 36 heavy (non-hydrogen) atoms. The van der Waals surface area contributed by atoms with Crippen molar-refractivity contribution in [1.82, 2.24) is 10.7 Å². The molecule has 1 heterocycles. The molecule has 190 valence electrons. The molecule has 0 bridgehead atoms. The van der Waals surface area contributed by atoms with Gasteiger partial charge >= 0.3 is 6.09 Å². The van der Waals surface area contributed by atoms with Crippen LogP contribution in [0.3, 0.4) is 0 Å². The topological polar surface area (TPSA) is 138 Å². The molecule has 0 saturated heterocycles. The first kappa shape index (κ1) is 26.5. The monoisotopic (exact) mass is 503 g/mol. The van der Waals surface area contributed by atoms with Gasteiger partial charge < -0.3 is 15.0 Å².